The second kappa shape index (κ2) is 20.4. The van der Waals surface area contributed by atoms with Gasteiger partial charge in [-0.1, -0.05) is 65.2 Å². The number of quaternary nitrogens is 1. The number of hydrogen-bond acceptors (Lipinski definition) is 4. The summed E-state index contributed by atoms with van der Waals surface area (Å²) < 4.78 is 12.1. The molecule has 6 heteroatoms. The summed E-state index contributed by atoms with van der Waals surface area (Å²) in [7, 11) is 4.32. The molecule has 0 aliphatic rings. The molecule has 0 radical (unpaired) electrons. The molecule has 0 fully saturated rings. The van der Waals surface area contributed by atoms with Crippen molar-refractivity contribution in [1.82, 2.24) is 0 Å². The van der Waals surface area contributed by atoms with Crippen LogP contribution in [0.15, 0.2) is 0 Å². The van der Waals surface area contributed by atoms with Gasteiger partial charge in [0.15, 0.2) is 0 Å². The van der Waals surface area contributed by atoms with E-state index in [1.807, 2.05) is 0 Å². The zero-order valence-electron chi connectivity index (χ0n) is 19.0. The van der Waals surface area contributed by atoms with Crippen LogP contribution in [0, 0.1) is 0 Å². The molecular weight excluding hydrogens is 378 g/mol. The lowest BCUT2D eigenvalue weighted by Gasteiger charge is -2.29. The predicted octanol–water partition coefficient (Wildman–Crippen LogP) is 0.763. The van der Waals surface area contributed by atoms with Crippen LogP contribution in [-0.2, 0) is 9.47 Å². The quantitative estimate of drug-likeness (QED) is 0.223. The number of rotatable bonds is 20. The van der Waals surface area contributed by atoms with Gasteiger partial charge in [-0.15, -0.1) is 0 Å². The SMILES string of the molecule is CCCCCCC(O)COCC[N+](C)(C)CCOCC(O)CCCCCC.[Cl-]. The van der Waals surface area contributed by atoms with Gasteiger partial charge in [0.2, 0.25) is 0 Å². The Morgan fingerprint density at radius 3 is 1.43 bits per heavy atom. The van der Waals surface area contributed by atoms with Crippen molar-refractivity contribution in [3.63, 3.8) is 0 Å². The smallest absolute Gasteiger partial charge is 0.102 e. The fourth-order valence-corrected chi connectivity index (χ4v) is 2.95. The van der Waals surface area contributed by atoms with E-state index in [0.29, 0.717) is 26.4 Å². The minimum absolute atomic E-state index is 0. The van der Waals surface area contributed by atoms with Crippen LogP contribution in [0.2, 0.25) is 0 Å². The fraction of sp³-hybridized carbons (Fsp3) is 1.00. The average Bonchev–Trinajstić information content (AvgIpc) is 2.63. The molecule has 0 rings (SSSR count). The Labute approximate surface area is 180 Å². The second-order valence-corrected chi connectivity index (χ2v) is 8.54. The van der Waals surface area contributed by atoms with Crippen molar-refractivity contribution in [2.24, 2.45) is 0 Å². The number of halogens is 1. The van der Waals surface area contributed by atoms with Crippen molar-refractivity contribution < 1.29 is 36.6 Å². The lowest BCUT2D eigenvalue weighted by Crippen LogP contribution is -3.00. The van der Waals surface area contributed by atoms with Crippen molar-refractivity contribution in [1.29, 1.82) is 0 Å². The van der Waals surface area contributed by atoms with Gasteiger partial charge in [0.05, 0.1) is 52.7 Å². The number of aliphatic hydroxyl groups is 2. The third-order valence-electron chi connectivity index (χ3n) is 5.08. The third kappa shape index (κ3) is 20.8. The molecule has 0 amide bonds. The first-order chi connectivity index (χ1) is 12.9. The van der Waals surface area contributed by atoms with E-state index in [0.717, 1.165) is 43.3 Å². The first kappa shape index (κ1) is 30.3. The normalized spacial score (nSPS) is 13.9. The predicted molar refractivity (Wildman–Crippen MR) is 113 cm³/mol. The molecule has 2 unspecified atom stereocenters. The van der Waals surface area contributed by atoms with Crippen molar-refractivity contribution in [2.75, 3.05) is 53.6 Å². The summed E-state index contributed by atoms with van der Waals surface area (Å²) >= 11 is 0. The Bertz CT molecular complexity index is 291. The number of likely N-dealkylation sites (N-methyl/N-ethyl adjacent to an activating group) is 1. The maximum absolute atomic E-state index is 9.92. The second-order valence-electron chi connectivity index (χ2n) is 8.54. The van der Waals surface area contributed by atoms with Crippen LogP contribution in [-0.4, -0.2) is 80.5 Å². The molecule has 0 aromatic heterocycles. The van der Waals surface area contributed by atoms with Crippen LogP contribution in [0.3, 0.4) is 0 Å². The van der Waals surface area contributed by atoms with Gasteiger partial charge in [-0.05, 0) is 12.8 Å². The summed E-state index contributed by atoms with van der Waals surface area (Å²) in [5, 5.41) is 19.8. The summed E-state index contributed by atoms with van der Waals surface area (Å²) in [6.07, 6.45) is 10.5. The molecule has 0 spiro atoms. The van der Waals surface area contributed by atoms with Gasteiger partial charge < -0.3 is 36.6 Å². The maximum atomic E-state index is 9.92. The van der Waals surface area contributed by atoms with Gasteiger partial charge in [0.25, 0.3) is 0 Å². The summed E-state index contributed by atoms with van der Waals surface area (Å²) in [6, 6.07) is 0. The highest BCUT2D eigenvalue weighted by Gasteiger charge is 2.15. The van der Waals surface area contributed by atoms with Crippen LogP contribution in [0.25, 0.3) is 0 Å². The van der Waals surface area contributed by atoms with Gasteiger partial charge >= 0.3 is 0 Å². The van der Waals surface area contributed by atoms with Crippen LogP contribution >= 0.6 is 0 Å². The minimum atomic E-state index is -0.334. The number of hydrogen-bond donors (Lipinski definition) is 2. The van der Waals surface area contributed by atoms with E-state index >= 15 is 0 Å². The van der Waals surface area contributed by atoms with Crippen molar-refractivity contribution in [3.05, 3.63) is 0 Å². The van der Waals surface area contributed by atoms with E-state index in [1.165, 1.54) is 38.5 Å². The molecule has 172 valence electrons. The Balaban J connectivity index is 0. The van der Waals surface area contributed by atoms with Crippen LogP contribution in [0.5, 0.6) is 0 Å². The van der Waals surface area contributed by atoms with E-state index in [2.05, 4.69) is 27.9 Å². The molecule has 28 heavy (non-hydrogen) atoms. The molecule has 5 nitrogen and oxygen atoms in total. The zero-order chi connectivity index (χ0) is 20.4. The molecule has 2 N–H and O–H groups in total. The standard InChI is InChI=1S/C22H48NO4.ClH/c1-5-7-9-11-13-21(24)19-26-17-15-23(3,4)16-18-27-20-22(25)14-12-10-8-6-2;/h21-22,24-25H,5-20H2,1-4H3;1H/q+1;/p-1. The van der Waals surface area contributed by atoms with Crippen LogP contribution in [0.4, 0.5) is 0 Å². The molecule has 0 aliphatic heterocycles. The monoisotopic (exact) mass is 425 g/mol. The maximum Gasteiger partial charge on any atom is 0.102 e. The van der Waals surface area contributed by atoms with Gasteiger partial charge in [0.1, 0.15) is 13.1 Å². The molecule has 2 atom stereocenters. The fourth-order valence-electron chi connectivity index (χ4n) is 2.95. The lowest BCUT2D eigenvalue weighted by atomic mass is 10.1. The van der Waals surface area contributed by atoms with Crippen molar-refractivity contribution in [2.45, 2.75) is 90.3 Å². The zero-order valence-corrected chi connectivity index (χ0v) is 19.8. The number of aliphatic hydroxyl groups excluding tert-OH is 2. The molecule has 0 aromatic carbocycles. The minimum Gasteiger partial charge on any atom is -1.00 e. The highest BCUT2D eigenvalue weighted by atomic mass is 35.5. The Hall–Kier alpha value is 0.0900. The Morgan fingerprint density at radius 1 is 0.679 bits per heavy atom. The lowest BCUT2D eigenvalue weighted by molar-refractivity contribution is -0.891. The Kier molecular flexibility index (Phi) is 22.0. The van der Waals surface area contributed by atoms with Gasteiger partial charge in [0, 0.05) is 0 Å². The molecule has 0 heterocycles. The molecule has 0 bridgehead atoms. The van der Waals surface area contributed by atoms with E-state index in [1.54, 1.807) is 0 Å². The van der Waals surface area contributed by atoms with Crippen molar-refractivity contribution >= 4 is 0 Å². The first-order valence-corrected chi connectivity index (χ1v) is 11.2. The molecular formula is C22H48ClNO4. The molecule has 0 aliphatic carbocycles. The largest absolute Gasteiger partial charge is 1.00 e. The molecule has 0 aromatic rings. The summed E-state index contributed by atoms with van der Waals surface area (Å²) in [6.45, 7) is 8.36. The van der Waals surface area contributed by atoms with E-state index in [-0.39, 0.29) is 24.6 Å². The van der Waals surface area contributed by atoms with E-state index in [9.17, 15) is 10.2 Å². The van der Waals surface area contributed by atoms with Crippen LogP contribution in [0.1, 0.15) is 78.1 Å². The Morgan fingerprint density at radius 2 is 1.07 bits per heavy atom. The number of ether oxygens (including phenoxy) is 2. The van der Waals surface area contributed by atoms with Gasteiger partial charge in [-0.2, -0.15) is 0 Å². The molecule has 0 saturated carbocycles. The summed E-state index contributed by atoms with van der Waals surface area (Å²) in [5.74, 6) is 0. The summed E-state index contributed by atoms with van der Waals surface area (Å²) in [4.78, 5) is 0. The average molecular weight is 426 g/mol. The van der Waals surface area contributed by atoms with E-state index in [4.69, 9.17) is 9.47 Å². The third-order valence-corrected chi connectivity index (χ3v) is 5.08. The highest BCUT2D eigenvalue weighted by molar-refractivity contribution is 4.55. The van der Waals surface area contributed by atoms with Gasteiger partial charge in [-0.3, -0.25) is 0 Å². The highest BCUT2D eigenvalue weighted by Crippen LogP contribution is 2.07. The van der Waals surface area contributed by atoms with Crippen molar-refractivity contribution in [3.8, 4) is 0 Å². The number of unbranched alkanes of at least 4 members (excludes halogenated alkanes) is 6. The summed E-state index contributed by atoms with van der Waals surface area (Å²) in [5.41, 5.74) is 0. The van der Waals surface area contributed by atoms with E-state index < -0.39 is 0 Å². The van der Waals surface area contributed by atoms with Crippen LogP contribution < -0.4 is 12.4 Å². The van der Waals surface area contributed by atoms with Gasteiger partial charge in [-0.25, -0.2) is 0 Å². The topological polar surface area (TPSA) is 58.9 Å². The first-order valence-electron chi connectivity index (χ1n) is 11.2. The molecule has 0 saturated heterocycles. The number of nitrogens with zero attached hydrogens (tertiary/aromatic N) is 1.